The normalized spacial score (nSPS) is 10.9. The van der Waals surface area contributed by atoms with Crippen molar-refractivity contribution >= 4 is 29.2 Å². The van der Waals surface area contributed by atoms with Crippen molar-refractivity contribution in [2.45, 2.75) is 6.92 Å². The van der Waals surface area contributed by atoms with E-state index in [4.69, 9.17) is 9.47 Å². The maximum Gasteiger partial charge on any atom is 0.340 e. The minimum atomic E-state index is -0.478. The number of nitrogens with one attached hydrogen (secondary N) is 1. The Morgan fingerprint density at radius 2 is 1.57 bits per heavy atom. The van der Waals surface area contributed by atoms with E-state index in [0.29, 0.717) is 16.8 Å². The molecule has 3 aromatic rings. The lowest BCUT2D eigenvalue weighted by atomic mass is 10.0. The van der Waals surface area contributed by atoms with Gasteiger partial charge in [0.05, 0.1) is 25.0 Å². The van der Waals surface area contributed by atoms with E-state index in [1.807, 2.05) is 54.6 Å². The third-order valence-electron chi connectivity index (χ3n) is 4.43. The summed E-state index contributed by atoms with van der Waals surface area (Å²) in [7, 11) is 1.61. The first-order chi connectivity index (χ1) is 14.6. The number of ether oxygens (including phenoxy) is 2. The van der Waals surface area contributed by atoms with E-state index in [-0.39, 0.29) is 12.5 Å². The van der Waals surface area contributed by atoms with Crippen LogP contribution in [0.5, 0.6) is 5.75 Å². The van der Waals surface area contributed by atoms with E-state index in [2.05, 4.69) is 5.32 Å². The van der Waals surface area contributed by atoms with Crippen LogP contribution in [-0.2, 0) is 9.53 Å². The monoisotopic (exact) mass is 401 g/mol. The highest BCUT2D eigenvalue weighted by atomic mass is 16.5. The van der Waals surface area contributed by atoms with Gasteiger partial charge >= 0.3 is 5.97 Å². The lowest BCUT2D eigenvalue weighted by Gasteiger charge is -2.13. The van der Waals surface area contributed by atoms with Crippen LogP contribution in [0, 0.1) is 0 Å². The highest BCUT2D eigenvalue weighted by molar-refractivity contribution is 6.29. The zero-order chi connectivity index (χ0) is 21.3. The fraction of sp³-hybridized carbons (Fsp3) is 0.120. The molecule has 0 aliphatic heterocycles. The van der Waals surface area contributed by atoms with Gasteiger partial charge in [-0.15, -0.1) is 0 Å². The average Bonchev–Trinajstić information content (AvgIpc) is 2.79. The van der Waals surface area contributed by atoms with Gasteiger partial charge in [-0.1, -0.05) is 54.6 Å². The molecule has 152 valence electrons. The standard InChI is InChI=1S/C25H23NO4/c1-3-30-25(28)21-11-7-8-12-23(21)26-24(27)22(19-9-5-4-6-10-19)17-18-13-15-20(29-2)16-14-18/h4-17H,3H2,1-2H3,(H,26,27). The van der Waals surface area contributed by atoms with Crippen LogP contribution in [0.15, 0.2) is 78.9 Å². The van der Waals surface area contributed by atoms with Crippen LogP contribution in [0.3, 0.4) is 0 Å². The lowest BCUT2D eigenvalue weighted by molar-refractivity contribution is -0.111. The molecule has 1 amide bonds. The number of esters is 1. The van der Waals surface area contributed by atoms with Crippen molar-refractivity contribution in [3.05, 3.63) is 95.6 Å². The van der Waals surface area contributed by atoms with Crippen molar-refractivity contribution in [3.63, 3.8) is 0 Å². The maximum absolute atomic E-state index is 13.2. The Labute approximate surface area is 176 Å². The summed E-state index contributed by atoms with van der Waals surface area (Å²) in [6.45, 7) is 2.00. The first-order valence-corrected chi connectivity index (χ1v) is 9.61. The van der Waals surface area contributed by atoms with Gasteiger partial charge in [0.2, 0.25) is 0 Å². The molecule has 0 saturated carbocycles. The molecule has 0 bridgehead atoms. The molecule has 0 aliphatic rings. The molecule has 3 aromatic carbocycles. The van der Waals surface area contributed by atoms with Gasteiger partial charge in [0, 0.05) is 5.57 Å². The second kappa shape index (κ2) is 10.1. The van der Waals surface area contributed by atoms with E-state index in [9.17, 15) is 9.59 Å². The molecule has 0 aromatic heterocycles. The van der Waals surface area contributed by atoms with Crippen molar-refractivity contribution in [1.82, 2.24) is 0 Å². The van der Waals surface area contributed by atoms with Crippen LogP contribution in [0.2, 0.25) is 0 Å². The minimum absolute atomic E-state index is 0.258. The van der Waals surface area contributed by atoms with E-state index in [1.54, 1.807) is 44.4 Å². The van der Waals surface area contributed by atoms with Crippen LogP contribution in [0.1, 0.15) is 28.4 Å². The number of para-hydroxylation sites is 1. The van der Waals surface area contributed by atoms with Crippen molar-refractivity contribution in [2.24, 2.45) is 0 Å². The zero-order valence-electron chi connectivity index (χ0n) is 16.9. The predicted molar refractivity (Wildman–Crippen MR) is 118 cm³/mol. The van der Waals surface area contributed by atoms with Crippen LogP contribution in [0.4, 0.5) is 5.69 Å². The topological polar surface area (TPSA) is 64.6 Å². The molecule has 0 atom stereocenters. The van der Waals surface area contributed by atoms with Gasteiger partial charge < -0.3 is 14.8 Å². The Morgan fingerprint density at radius 1 is 0.900 bits per heavy atom. The van der Waals surface area contributed by atoms with Crippen molar-refractivity contribution in [3.8, 4) is 5.75 Å². The molecule has 30 heavy (non-hydrogen) atoms. The Kier molecular flexibility index (Phi) is 7.00. The van der Waals surface area contributed by atoms with E-state index >= 15 is 0 Å². The van der Waals surface area contributed by atoms with Gasteiger partial charge in [-0.25, -0.2) is 4.79 Å². The summed E-state index contributed by atoms with van der Waals surface area (Å²) < 4.78 is 10.3. The molecule has 5 nitrogen and oxygen atoms in total. The molecule has 5 heteroatoms. The van der Waals surface area contributed by atoms with Crippen LogP contribution >= 0.6 is 0 Å². The first kappa shape index (κ1) is 20.9. The summed E-state index contributed by atoms with van der Waals surface area (Å²) in [6.07, 6.45) is 1.80. The molecule has 0 fully saturated rings. The third kappa shape index (κ3) is 5.14. The molecule has 1 N–H and O–H groups in total. The van der Waals surface area contributed by atoms with Crippen LogP contribution < -0.4 is 10.1 Å². The molecular formula is C25H23NO4. The van der Waals surface area contributed by atoms with Crippen molar-refractivity contribution in [1.29, 1.82) is 0 Å². The molecule has 3 rings (SSSR count). The smallest absolute Gasteiger partial charge is 0.340 e. The van der Waals surface area contributed by atoms with Gasteiger partial charge in [-0.2, -0.15) is 0 Å². The number of rotatable bonds is 7. The fourth-order valence-electron chi connectivity index (χ4n) is 2.93. The van der Waals surface area contributed by atoms with Gasteiger partial charge in [-0.3, -0.25) is 4.79 Å². The number of methoxy groups -OCH3 is 1. The number of benzene rings is 3. The number of amides is 1. The van der Waals surface area contributed by atoms with Gasteiger partial charge in [0.25, 0.3) is 5.91 Å². The largest absolute Gasteiger partial charge is 0.497 e. The molecule has 0 spiro atoms. The van der Waals surface area contributed by atoms with E-state index in [1.165, 1.54) is 0 Å². The molecule has 0 unspecified atom stereocenters. The average molecular weight is 401 g/mol. The lowest BCUT2D eigenvalue weighted by Crippen LogP contribution is -2.17. The SMILES string of the molecule is CCOC(=O)c1ccccc1NC(=O)C(=Cc1ccc(OC)cc1)c1ccccc1. The third-order valence-corrected chi connectivity index (χ3v) is 4.43. The highest BCUT2D eigenvalue weighted by Gasteiger charge is 2.17. The second-order valence-corrected chi connectivity index (χ2v) is 6.42. The molecule has 0 radical (unpaired) electrons. The Morgan fingerprint density at radius 3 is 2.23 bits per heavy atom. The van der Waals surface area contributed by atoms with E-state index in [0.717, 1.165) is 16.9 Å². The summed E-state index contributed by atoms with van der Waals surface area (Å²) in [5.41, 5.74) is 2.80. The number of anilines is 1. The summed E-state index contributed by atoms with van der Waals surface area (Å²) in [5.74, 6) is -0.0659. The molecule has 0 aliphatic carbocycles. The van der Waals surface area contributed by atoms with Crippen molar-refractivity contribution in [2.75, 3.05) is 19.0 Å². The minimum Gasteiger partial charge on any atom is -0.497 e. The molecular weight excluding hydrogens is 378 g/mol. The van der Waals surface area contributed by atoms with Crippen molar-refractivity contribution < 1.29 is 19.1 Å². The summed E-state index contributed by atoms with van der Waals surface area (Å²) >= 11 is 0. The zero-order valence-corrected chi connectivity index (χ0v) is 16.9. The first-order valence-electron chi connectivity index (χ1n) is 9.61. The number of hydrogen-bond donors (Lipinski definition) is 1. The predicted octanol–water partition coefficient (Wildman–Crippen LogP) is 5.05. The van der Waals surface area contributed by atoms with E-state index < -0.39 is 5.97 Å². The number of carbonyl (C=O) groups excluding carboxylic acids is 2. The van der Waals surface area contributed by atoms with Gasteiger partial charge in [0.15, 0.2) is 0 Å². The number of carbonyl (C=O) groups is 2. The summed E-state index contributed by atoms with van der Waals surface area (Å²) in [4.78, 5) is 25.5. The Hall–Kier alpha value is -3.86. The fourth-order valence-corrected chi connectivity index (χ4v) is 2.93. The Bertz CT molecular complexity index is 1040. The highest BCUT2D eigenvalue weighted by Crippen LogP contribution is 2.24. The maximum atomic E-state index is 13.2. The van der Waals surface area contributed by atoms with Gasteiger partial charge in [0.1, 0.15) is 5.75 Å². The Balaban J connectivity index is 1.96. The molecule has 0 saturated heterocycles. The van der Waals surface area contributed by atoms with Gasteiger partial charge in [-0.05, 0) is 48.4 Å². The van der Waals surface area contributed by atoms with Crippen LogP contribution in [0.25, 0.3) is 11.6 Å². The molecule has 0 heterocycles. The van der Waals surface area contributed by atoms with Crippen LogP contribution in [-0.4, -0.2) is 25.6 Å². The summed E-state index contributed by atoms with van der Waals surface area (Å²) in [5, 5.41) is 2.86. The second-order valence-electron chi connectivity index (χ2n) is 6.42. The quantitative estimate of drug-likeness (QED) is 0.342. The number of hydrogen-bond acceptors (Lipinski definition) is 4. The summed E-state index contributed by atoms with van der Waals surface area (Å²) in [6, 6.07) is 23.6.